The molecular weight excluding hydrogens is 248 g/mol. The molecule has 0 saturated heterocycles. The first-order valence-corrected chi connectivity index (χ1v) is 5.40. The van der Waals surface area contributed by atoms with E-state index in [1.807, 2.05) is 0 Å². The zero-order valence-electron chi connectivity index (χ0n) is 9.89. The molecule has 0 fully saturated rings. The van der Waals surface area contributed by atoms with Crippen LogP contribution in [0.1, 0.15) is 11.3 Å². The fourth-order valence-electron chi connectivity index (χ4n) is 1.38. The molecule has 0 bridgehead atoms. The van der Waals surface area contributed by atoms with E-state index in [9.17, 15) is 0 Å². The first kappa shape index (κ1) is 12.8. The minimum absolute atomic E-state index is 0.0642. The monoisotopic (exact) mass is 260 g/mol. The van der Waals surface area contributed by atoms with E-state index in [4.69, 9.17) is 20.8 Å². The minimum atomic E-state index is -0.124. The highest BCUT2D eigenvalue weighted by Crippen LogP contribution is 2.19. The Balaban J connectivity index is 2.15. The van der Waals surface area contributed by atoms with Crippen LogP contribution in [-0.4, -0.2) is 26.1 Å². The van der Waals surface area contributed by atoms with Crippen LogP contribution in [-0.2, 0) is 6.61 Å². The van der Waals surface area contributed by atoms with Gasteiger partial charge in [0.05, 0.1) is 19.0 Å². The molecule has 0 aliphatic rings. The van der Waals surface area contributed by atoms with Crippen LogP contribution >= 0.6 is 0 Å². The van der Waals surface area contributed by atoms with E-state index in [-0.39, 0.29) is 24.0 Å². The van der Waals surface area contributed by atoms with Crippen molar-refractivity contribution in [3.05, 3.63) is 47.9 Å². The standard InChI is InChI=1S/C12H12N4O3/c13-12(16-18)10-5-15-11(6-14-10)19-9-3-1-2-8(4-9)7-17/h1-6,17-18H,7H2,(H2,13,16). The summed E-state index contributed by atoms with van der Waals surface area (Å²) >= 11 is 0. The predicted molar refractivity (Wildman–Crippen MR) is 67.0 cm³/mol. The minimum Gasteiger partial charge on any atom is -0.437 e. The molecule has 0 aliphatic heterocycles. The van der Waals surface area contributed by atoms with Gasteiger partial charge in [-0.1, -0.05) is 17.3 Å². The number of nitrogens with zero attached hydrogens (tertiary/aromatic N) is 3. The molecule has 1 aromatic heterocycles. The zero-order chi connectivity index (χ0) is 13.7. The SMILES string of the molecule is NC(=NO)c1cnc(Oc2cccc(CO)c2)cn1. The normalized spacial score (nSPS) is 11.3. The van der Waals surface area contributed by atoms with E-state index in [2.05, 4.69) is 15.1 Å². The second-order valence-corrected chi connectivity index (χ2v) is 3.63. The molecule has 0 atom stereocenters. The number of rotatable bonds is 4. The molecule has 2 rings (SSSR count). The van der Waals surface area contributed by atoms with Gasteiger partial charge in [-0.15, -0.1) is 0 Å². The number of amidine groups is 1. The van der Waals surface area contributed by atoms with Crippen LogP contribution in [0.25, 0.3) is 0 Å². The quantitative estimate of drug-likeness (QED) is 0.325. The highest BCUT2D eigenvalue weighted by molar-refractivity contribution is 5.94. The summed E-state index contributed by atoms with van der Waals surface area (Å²) in [4.78, 5) is 7.91. The summed E-state index contributed by atoms with van der Waals surface area (Å²) in [6, 6.07) is 6.97. The molecular formula is C12H12N4O3. The maximum absolute atomic E-state index is 9.02. The van der Waals surface area contributed by atoms with E-state index in [1.165, 1.54) is 12.4 Å². The van der Waals surface area contributed by atoms with Crippen molar-refractivity contribution < 1.29 is 15.1 Å². The van der Waals surface area contributed by atoms with Gasteiger partial charge >= 0.3 is 0 Å². The Hall–Kier alpha value is -2.67. The molecule has 1 aromatic carbocycles. The smallest absolute Gasteiger partial charge is 0.237 e. The van der Waals surface area contributed by atoms with Gasteiger partial charge in [-0.05, 0) is 17.7 Å². The Bertz CT molecular complexity index is 584. The number of hydrogen-bond donors (Lipinski definition) is 3. The second-order valence-electron chi connectivity index (χ2n) is 3.63. The largest absolute Gasteiger partial charge is 0.437 e. The number of benzene rings is 1. The Kier molecular flexibility index (Phi) is 3.89. The van der Waals surface area contributed by atoms with E-state index < -0.39 is 0 Å². The average molecular weight is 260 g/mol. The number of aliphatic hydroxyl groups is 1. The van der Waals surface area contributed by atoms with Gasteiger partial charge < -0.3 is 20.8 Å². The lowest BCUT2D eigenvalue weighted by Gasteiger charge is -2.05. The maximum Gasteiger partial charge on any atom is 0.237 e. The summed E-state index contributed by atoms with van der Waals surface area (Å²) in [6.45, 7) is -0.0642. The highest BCUT2D eigenvalue weighted by Gasteiger charge is 2.04. The summed E-state index contributed by atoms with van der Waals surface area (Å²) < 4.78 is 5.46. The van der Waals surface area contributed by atoms with Gasteiger partial charge in [0, 0.05) is 0 Å². The molecule has 7 heteroatoms. The van der Waals surface area contributed by atoms with Gasteiger partial charge in [0.1, 0.15) is 11.4 Å². The first-order chi connectivity index (χ1) is 9.22. The lowest BCUT2D eigenvalue weighted by molar-refractivity contribution is 0.281. The molecule has 98 valence electrons. The van der Waals surface area contributed by atoms with Gasteiger partial charge in [0.2, 0.25) is 5.88 Å². The Morgan fingerprint density at radius 3 is 2.79 bits per heavy atom. The molecule has 0 spiro atoms. The van der Waals surface area contributed by atoms with Crippen molar-refractivity contribution in [1.29, 1.82) is 0 Å². The van der Waals surface area contributed by atoms with Gasteiger partial charge in [-0.3, -0.25) is 0 Å². The summed E-state index contributed by atoms with van der Waals surface area (Å²) in [5.41, 5.74) is 6.35. The number of aromatic nitrogens is 2. The molecule has 2 aromatic rings. The van der Waals surface area contributed by atoms with E-state index >= 15 is 0 Å². The van der Waals surface area contributed by atoms with Crippen molar-refractivity contribution in [3.63, 3.8) is 0 Å². The van der Waals surface area contributed by atoms with Crippen molar-refractivity contribution in [3.8, 4) is 11.6 Å². The third-order valence-corrected chi connectivity index (χ3v) is 2.30. The van der Waals surface area contributed by atoms with Crippen LogP contribution in [0.3, 0.4) is 0 Å². The molecule has 1 heterocycles. The zero-order valence-corrected chi connectivity index (χ0v) is 9.89. The lowest BCUT2D eigenvalue weighted by Crippen LogP contribution is -2.15. The van der Waals surface area contributed by atoms with Gasteiger partial charge in [-0.25, -0.2) is 9.97 Å². The van der Waals surface area contributed by atoms with Crippen LogP contribution in [0, 0.1) is 0 Å². The fraction of sp³-hybridized carbons (Fsp3) is 0.0833. The topological polar surface area (TPSA) is 114 Å². The number of nitrogens with two attached hydrogens (primary N) is 1. The molecule has 4 N–H and O–H groups in total. The number of oxime groups is 1. The molecule has 19 heavy (non-hydrogen) atoms. The summed E-state index contributed by atoms with van der Waals surface area (Å²) in [7, 11) is 0. The van der Waals surface area contributed by atoms with Crippen molar-refractivity contribution in [2.45, 2.75) is 6.61 Å². The van der Waals surface area contributed by atoms with E-state index in [1.54, 1.807) is 24.3 Å². The highest BCUT2D eigenvalue weighted by atomic mass is 16.5. The Morgan fingerprint density at radius 2 is 2.16 bits per heavy atom. The fourth-order valence-corrected chi connectivity index (χ4v) is 1.38. The maximum atomic E-state index is 9.02. The summed E-state index contributed by atoms with van der Waals surface area (Å²) in [5.74, 6) is 0.684. The lowest BCUT2D eigenvalue weighted by atomic mass is 10.2. The van der Waals surface area contributed by atoms with Crippen LogP contribution in [0.15, 0.2) is 41.8 Å². The molecule has 0 unspecified atom stereocenters. The Labute approximate surface area is 109 Å². The molecule has 0 saturated carbocycles. The van der Waals surface area contributed by atoms with Crippen molar-refractivity contribution in [1.82, 2.24) is 9.97 Å². The summed E-state index contributed by atoms with van der Waals surface area (Å²) in [6.07, 6.45) is 2.69. The van der Waals surface area contributed by atoms with Crippen molar-refractivity contribution in [2.24, 2.45) is 10.9 Å². The molecule has 0 amide bonds. The van der Waals surface area contributed by atoms with E-state index in [0.717, 1.165) is 5.56 Å². The predicted octanol–water partition coefficient (Wildman–Crippen LogP) is 0.856. The van der Waals surface area contributed by atoms with Gasteiger partial charge in [-0.2, -0.15) is 0 Å². The molecule has 0 aliphatic carbocycles. The molecule has 7 nitrogen and oxygen atoms in total. The van der Waals surface area contributed by atoms with Crippen LogP contribution in [0.4, 0.5) is 0 Å². The Morgan fingerprint density at radius 1 is 1.32 bits per heavy atom. The number of ether oxygens (including phenoxy) is 1. The molecule has 0 radical (unpaired) electrons. The van der Waals surface area contributed by atoms with Crippen LogP contribution in [0.2, 0.25) is 0 Å². The van der Waals surface area contributed by atoms with Crippen LogP contribution < -0.4 is 10.5 Å². The van der Waals surface area contributed by atoms with E-state index in [0.29, 0.717) is 5.75 Å². The van der Waals surface area contributed by atoms with Crippen molar-refractivity contribution in [2.75, 3.05) is 0 Å². The van der Waals surface area contributed by atoms with Crippen molar-refractivity contribution >= 4 is 5.84 Å². The number of aliphatic hydroxyl groups excluding tert-OH is 1. The second kappa shape index (κ2) is 5.78. The number of hydrogen-bond acceptors (Lipinski definition) is 6. The average Bonchev–Trinajstić information content (AvgIpc) is 2.47. The van der Waals surface area contributed by atoms with Crippen LogP contribution in [0.5, 0.6) is 11.6 Å². The van der Waals surface area contributed by atoms with Gasteiger partial charge in [0.25, 0.3) is 0 Å². The first-order valence-electron chi connectivity index (χ1n) is 5.40. The third kappa shape index (κ3) is 3.17. The summed E-state index contributed by atoms with van der Waals surface area (Å²) in [5, 5.41) is 20.3. The third-order valence-electron chi connectivity index (χ3n) is 2.30. The van der Waals surface area contributed by atoms with Gasteiger partial charge in [0.15, 0.2) is 5.84 Å².